The van der Waals surface area contributed by atoms with Crippen molar-refractivity contribution in [2.24, 2.45) is 0 Å². The third kappa shape index (κ3) is 5.18. The highest BCUT2D eigenvalue weighted by Gasteiger charge is 2.27. The van der Waals surface area contributed by atoms with Crippen molar-refractivity contribution < 1.29 is 18.0 Å². The van der Waals surface area contributed by atoms with Crippen molar-refractivity contribution in [2.75, 3.05) is 6.54 Å². The van der Waals surface area contributed by atoms with Gasteiger partial charge >= 0.3 is 6.18 Å². The minimum Gasteiger partial charge on any atom is -0.343 e. The molecule has 0 saturated heterocycles. The monoisotopic (exact) mass is 205 g/mol. The molecule has 0 fully saturated rings. The summed E-state index contributed by atoms with van der Waals surface area (Å²) in [6, 6.07) is 0. The highest BCUT2D eigenvalue weighted by molar-refractivity contribution is 5.96. The smallest absolute Gasteiger partial charge is 0.343 e. The average Bonchev–Trinajstić information content (AvgIpc) is 2.09. The number of rotatable bonds is 4. The molecule has 1 N–H and O–H groups in total. The number of amides is 1. The highest BCUT2D eigenvalue weighted by atomic mass is 19.4. The number of allylic oxidation sites excluding steroid dienone is 2. The van der Waals surface area contributed by atoms with Gasteiger partial charge in [0.05, 0.1) is 0 Å². The Bertz CT molecular complexity index is 266. The van der Waals surface area contributed by atoms with Crippen LogP contribution >= 0.6 is 0 Å². The lowest BCUT2D eigenvalue weighted by atomic mass is 10.2. The van der Waals surface area contributed by atoms with Gasteiger partial charge in [0.15, 0.2) is 0 Å². The van der Waals surface area contributed by atoms with Gasteiger partial charge in [-0.05, 0) is 0 Å². The maximum absolute atomic E-state index is 11.7. The van der Waals surface area contributed by atoms with Crippen molar-refractivity contribution in [3.05, 3.63) is 37.0 Å². The first kappa shape index (κ1) is 12.5. The van der Waals surface area contributed by atoms with Crippen LogP contribution in [0.15, 0.2) is 37.0 Å². The van der Waals surface area contributed by atoms with Crippen molar-refractivity contribution in [1.82, 2.24) is 5.32 Å². The maximum Gasteiger partial charge on any atom is 0.405 e. The summed E-state index contributed by atoms with van der Waals surface area (Å²) in [6.07, 6.45) is -0.674. The van der Waals surface area contributed by atoms with Crippen LogP contribution in [0.4, 0.5) is 13.2 Å². The molecule has 2 nitrogen and oxygen atoms in total. The molecule has 0 aromatic heterocycles. The first-order chi connectivity index (χ1) is 6.40. The molecule has 78 valence electrons. The Morgan fingerprint density at radius 3 is 2.29 bits per heavy atom. The molecular weight excluding hydrogens is 195 g/mol. The van der Waals surface area contributed by atoms with Crippen LogP contribution in [0.3, 0.4) is 0 Å². The van der Waals surface area contributed by atoms with E-state index in [9.17, 15) is 18.0 Å². The van der Waals surface area contributed by atoms with Crippen LogP contribution in [0.2, 0.25) is 0 Å². The van der Waals surface area contributed by atoms with Gasteiger partial charge in [-0.1, -0.05) is 31.4 Å². The Morgan fingerprint density at radius 1 is 1.36 bits per heavy atom. The summed E-state index contributed by atoms with van der Waals surface area (Å²) >= 11 is 0. The fourth-order valence-electron chi connectivity index (χ4n) is 0.646. The van der Waals surface area contributed by atoms with Crippen molar-refractivity contribution in [2.45, 2.75) is 6.18 Å². The second-order valence-electron chi connectivity index (χ2n) is 2.36. The summed E-state index contributed by atoms with van der Waals surface area (Å²) in [5.41, 5.74) is 0.0456. The van der Waals surface area contributed by atoms with Crippen LogP contribution in [-0.2, 0) is 4.79 Å². The molecule has 0 atom stereocenters. The summed E-state index contributed by atoms with van der Waals surface area (Å²) in [4.78, 5) is 11.0. The number of alkyl halides is 3. The van der Waals surface area contributed by atoms with Gasteiger partial charge in [-0.25, -0.2) is 0 Å². The van der Waals surface area contributed by atoms with E-state index in [2.05, 4.69) is 13.2 Å². The van der Waals surface area contributed by atoms with E-state index in [4.69, 9.17) is 0 Å². The van der Waals surface area contributed by atoms with Gasteiger partial charge < -0.3 is 5.32 Å². The third-order valence-electron chi connectivity index (χ3n) is 1.23. The Kier molecular flexibility index (Phi) is 4.69. The van der Waals surface area contributed by atoms with Crippen LogP contribution in [0.25, 0.3) is 0 Å². The second kappa shape index (κ2) is 5.26. The lowest BCUT2D eigenvalue weighted by molar-refractivity contribution is -0.136. The second-order valence-corrected chi connectivity index (χ2v) is 2.36. The zero-order valence-electron chi connectivity index (χ0n) is 7.40. The predicted molar refractivity (Wildman–Crippen MR) is 47.5 cm³/mol. The Hall–Kier alpha value is -1.52. The van der Waals surface area contributed by atoms with E-state index in [0.717, 1.165) is 6.08 Å². The number of nitrogens with one attached hydrogen (secondary N) is 1. The van der Waals surface area contributed by atoms with E-state index in [0.29, 0.717) is 0 Å². The Balaban J connectivity index is 4.27. The molecule has 0 rings (SSSR count). The summed E-state index contributed by atoms with van der Waals surface area (Å²) in [6.45, 7) is 5.25. The molecule has 0 heterocycles. The predicted octanol–water partition coefficient (Wildman–Crippen LogP) is 1.96. The molecule has 0 aromatic carbocycles. The number of hydrogen-bond donors (Lipinski definition) is 1. The van der Waals surface area contributed by atoms with E-state index in [1.54, 1.807) is 5.32 Å². The number of carbonyl (C=O) groups excluding carboxylic acids is 1. The molecular formula is C9H10F3NO. The topological polar surface area (TPSA) is 29.1 Å². The largest absolute Gasteiger partial charge is 0.405 e. The van der Waals surface area contributed by atoms with Gasteiger partial charge in [0, 0.05) is 5.57 Å². The molecule has 0 bridgehead atoms. The lowest BCUT2D eigenvalue weighted by Gasteiger charge is -2.08. The minimum absolute atomic E-state index is 0.0456. The van der Waals surface area contributed by atoms with Gasteiger partial charge in [-0.15, -0.1) is 0 Å². The molecule has 0 aliphatic rings. The zero-order chi connectivity index (χ0) is 11.2. The van der Waals surface area contributed by atoms with Crippen molar-refractivity contribution >= 4 is 5.91 Å². The average molecular weight is 205 g/mol. The fraction of sp³-hybridized carbons (Fsp3) is 0.222. The van der Waals surface area contributed by atoms with Crippen molar-refractivity contribution in [3.8, 4) is 0 Å². The molecule has 5 heteroatoms. The Morgan fingerprint density at radius 2 is 1.93 bits per heavy atom. The SMILES string of the molecule is C=C/C=C(\C=C)C(=O)NCC(F)(F)F. The normalized spacial score (nSPS) is 12.1. The maximum atomic E-state index is 11.7. The van der Waals surface area contributed by atoms with E-state index in [-0.39, 0.29) is 5.57 Å². The molecule has 0 saturated carbocycles. The number of halogens is 3. The van der Waals surface area contributed by atoms with Crippen LogP contribution in [0.1, 0.15) is 0 Å². The van der Waals surface area contributed by atoms with Crippen LogP contribution in [0, 0.1) is 0 Å². The van der Waals surface area contributed by atoms with Gasteiger partial charge in [0.25, 0.3) is 5.91 Å². The molecule has 1 amide bonds. The van der Waals surface area contributed by atoms with E-state index >= 15 is 0 Å². The van der Waals surface area contributed by atoms with E-state index in [1.165, 1.54) is 12.2 Å². The molecule has 0 aliphatic heterocycles. The molecule has 0 aromatic rings. The van der Waals surface area contributed by atoms with Crippen molar-refractivity contribution in [1.29, 1.82) is 0 Å². The Labute approximate surface area is 79.8 Å². The first-order valence-electron chi connectivity index (χ1n) is 3.71. The van der Waals surface area contributed by atoms with Crippen LogP contribution in [-0.4, -0.2) is 18.6 Å². The quantitative estimate of drug-likeness (QED) is 0.551. The molecule has 0 unspecified atom stereocenters. The van der Waals surface area contributed by atoms with Gasteiger partial charge in [-0.2, -0.15) is 13.2 Å². The van der Waals surface area contributed by atoms with E-state index in [1.807, 2.05) is 0 Å². The van der Waals surface area contributed by atoms with Crippen molar-refractivity contribution in [3.63, 3.8) is 0 Å². The first-order valence-corrected chi connectivity index (χ1v) is 3.71. The van der Waals surface area contributed by atoms with Gasteiger partial charge in [-0.3, -0.25) is 4.79 Å². The van der Waals surface area contributed by atoms with Crippen LogP contribution in [0.5, 0.6) is 0 Å². The lowest BCUT2D eigenvalue weighted by Crippen LogP contribution is -2.34. The van der Waals surface area contributed by atoms with Gasteiger partial charge in [0.2, 0.25) is 0 Å². The molecule has 0 aliphatic carbocycles. The number of carbonyl (C=O) groups is 1. The minimum atomic E-state index is -4.41. The van der Waals surface area contributed by atoms with Gasteiger partial charge in [0.1, 0.15) is 6.54 Å². The molecule has 0 spiro atoms. The summed E-state index contributed by atoms with van der Waals surface area (Å²) in [5.74, 6) is -0.822. The molecule has 0 radical (unpaired) electrons. The third-order valence-corrected chi connectivity index (χ3v) is 1.23. The molecule has 14 heavy (non-hydrogen) atoms. The fourth-order valence-corrected chi connectivity index (χ4v) is 0.646. The standard InChI is InChI=1S/C9H10F3NO/c1-3-5-7(4-2)8(14)13-6-9(10,11)12/h3-5H,1-2,6H2,(H,13,14)/b7-5+. The summed E-state index contributed by atoms with van der Waals surface area (Å²) < 4.78 is 35.1. The zero-order valence-corrected chi connectivity index (χ0v) is 7.40. The van der Waals surface area contributed by atoms with Crippen LogP contribution < -0.4 is 5.32 Å². The summed E-state index contributed by atoms with van der Waals surface area (Å²) in [7, 11) is 0. The number of hydrogen-bond acceptors (Lipinski definition) is 1. The summed E-state index contributed by atoms with van der Waals surface area (Å²) in [5, 5.41) is 1.71. The highest BCUT2D eigenvalue weighted by Crippen LogP contribution is 2.12. The van der Waals surface area contributed by atoms with E-state index < -0.39 is 18.6 Å².